The van der Waals surface area contributed by atoms with Crippen LogP contribution in [0.2, 0.25) is 0 Å². The van der Waals surface area contributed by atoms with E-state index < -0.39 is 28.5 Å². The van der Waals surface area contributed by atoms with Gasteiger partial charge in [0, 0.05) is 19.5 Å². The summed E-state index contributed by atoms with van der Waals surface area (Å²) in [5, 5.41) is 3.02. The molecule has 0 saturated heterocycles. The van der Waals surface area contributed by atoms with Crippen LogP contribution in [0.1, 0.15) is 47.6 Å². The fourth-order valence-corrected chi connectivity index (χ4v) is 6.68. The number of aryl methyl sites for hydroxylation is 3. The van der Waals surface area contributed by atoms with Crippen LogP contribution in [0.5, 0.6) is 5.75 Å². The van der Waals surface area contributed by atoms with E-state index in [1.165, 1.54) is 4.90 Å². The van der Waals surface area contributed by atoms with Gasteiger partial charge in [0.05, 0.1) is 17.7 Å². The zero-order chi connectivity index (χ0) is 34.0. The molecule has 0 spiro atoms. The van der Waals surface area contributed by atoms with Crippen LogP contribution in [0.4, 0.5) is 5.69 Å². The van der Waals surface area contributed by atoms with Crippen molar-refractivity contribution in [2.24, 2.45) is 0 Å². The summed E-state index contributed by atoms with van der Waals surface area (Å²) in [5.74, 6) is -0.188. The van der Waals surface area contributed by atoms with E-state index in [1.54, 1.807) is 43.5 Å². The number of unbranched alkanes of at least 4 members (excludes halogenated alkanes) is 1. The summed E-state index contributed by atoms with van der Waals surface area (Å²) >= 11 is 0. The van der Waals surface area contributed by atoms with Gasteiger partial charge < -0.3 is 15.0 Å². The van der Waals surface area contributed by atoms with Crippen LogP contribution in [0.15, 0.2) is 102 Å². The lowest BCUT2D eigenvalue weighted by Crippen LogP contribution is -2.53. The first-order valence-electron chi connectivity index (χ1n) is 15.9. The number of methoxy groups -OCH3 is 1. The Hall–Kier alpha value is -4.63. The fourth-order valence-electron chi connectivity index (χ4n) is 5.27. The first-order chi connectivity index (χ1) is 22.5. The van der Waals surface area contributed by atoms with E-state index in [1.807, 2.05) is 88.4 Å². The Morgan fingerprint density at radius 1 is 0.830 bits per heavy atom. The SMILES string of the molecule is CCCCNC(=O)[C@@H](Cc1ccccc1)N(Cc1cccc(OC)c1)C(=O)CN(c1ccc(C)c(C)c1)S(=O)(=O)c1ccc(C)cc1. The first kappa shape index (κ1) is 35.2. The Kier molecular flexibility index (Phi) is 12.2. The van der Waals surface area contributed by atoms with Crippen LogP contribution in [-0.4, -0.2) is 51.4 Å². The van der Waals surface area contributed by atoms with Crippen molar-refractivity contribution in [2.45, 2.75) is 64.4 Å². The second-order valence-corrected chi connectivity index (χ2v) is 13.7. The van der Waals surface area contributed by atoms with Crippen LogP contribution >= 0.6 is 0 Å². The van der Waals surface area contributed by atoms with Crippen molar-refractivity contribution in [1.82, 2.24) is 10.2 Å². The van der Waals surface area contributed by atoms with Gasteiger partial charge in [0.2, 0.25) is 11.8 Å². The second-order valence-electron chi connectivity index (χ2n) is 11.8. The van der Waals surface area contributed by atoms with E-state index in [9.17, 15) is 18.0 Å². The molecule has 0 aliphatic heterocycles. The zero-order valence-electron chi connectivity index (χ0n) is 27.9. The highest BCUT2D eigenvalue weighted by Gasteiger charge is 2.34. The van der Waals surface area contributed by atoms with Crippen molar-refractivity contribution < 1.29 is 22.7 Å². The smallest absolute Gasteiger partial charge is 0.264 e. The lowest BCUT2D eigenvalue weighted by molar-refractivity contribution is -0.140. The second kappa shape index (κ2) is 16.3. The van der Waals surface area contributed by atoms with Gasteiger partial charge in [-0.2, -0.15) is 0 Å². The minimum absolute atomic E-state index is 0.0695. The maximum Gasteiger partial charge on any atom is 0.264 e. The molecule has 248 valence electrons. The molecule has 0 aromatic heterocycles. The van der Waals surface area contributed by atoms with Gasteiger partial charge in [0.1, 0.15) is 18.3 Å². The number of ether oxygens (including phenoxy) is 1. The molecule has 4 aromatic rings. The normalized spacial score (nSPS) is 11.9. The highest BCUT2D eigenvalue weighted by atomic mass is 32.2. The average Bonchev–Trinajstić information content (AvgIpc) is 3.07. The summed E-state index contributed by atoms with van der Waals surface area (Å²) in [5.41, 5.74) is 4.81. The largest absolute Gasteiger partial charge is 0.497 e. The number of anilines is 1. The maximum atomic E-state index is 14.6. The standard InChI is InChI=1S/C38H45N3O5S/c1-6-7-22-39-38(43)36(25-31-12-9-8-10-13-31)40(26-32-14-11-15-34(24-32)46-5)37(42)27-41(33-19-18-29(3)30(4)23-33)47(44,45)35-20-16-28(2)17-21-35/h8-21,23-24,36H,6-7,22,25-27H2,1-5H3,(H,39,43)/t36-/m1/s1. The van der Waals surface area contributed by atoms with E-state index in [4.69, 9.17) is 4.74 Å². The van der Waals surface area contributed by atoms with E-state index in [0.717, 1.165) is 45.0 Å². The molecule has 4 rings (SSSR count). The van der Waals surface area contributed by atoms with Crippen LogP contribution in [-0.2, 0) is 32.6 Å². The van der Waals surface area contributed by atoms with Gasteiger partial charge in [-0.3, -0.25) is 13.9 Å². The number of nitrogens with one attached hydrogen (secondary N) is 1. The van der Waals surface area contributed by atoms with Gasteiger partial charge in [-0.15, -0.1) is 0 Å². The number of benzene rings is 4. The van der Waals surface area contributed by atoms with Crippen molar-refractivity contribution in [3.05, 3.63) is 125 Å². The van der Waals surface area contributed by atoms with Gasteiger partial charge in [-0.05, 0) is 85.8 Å². The van der Waals surface area contributed by atoms with Gasteiger partial charge in [-0.25, -0.2) is 8.42 Å². The molecule has 0 saturated carbocycles. The van der Waals surface area contributed by atoms with Crippen LogP contribution in [0.25, 0.3) is 0 Å². The van der Waals surface area contributed by atoms with Crippen molar-refractivity contribution in [2.75, 3.05) is 24.5 Å². The van der Waals surface area contributed by atoms with Crippen molar-refractivity contribution >= 4 is 27.5 Å². The predicted octanol–water partition coefficient (Wildman–Crippen LogP) is 6.37. The topological polar surface area (TPSA) is 96.0 Å². The highest BCUT2D eigenvalue weighted by molar-refractivity contribution is 7.92. The average molecular weight is 656 g/mol. The molecule has 0 heterocycles. The number of carbonyl (C=O) groups is 2. The Morgan fingerprint density at radius 2 is 1.53 bits per heavy atom. The number of rotatable bonds is 15. The molecule has 4 aromatic carbocycles. The van der Waals surface area contributed by atoms with Crippen molar-refractivity contribution in [1.29, 1.82) is 0 Å². The Balaban J connectivity index is 1.82. The highest BCUT2D eigenvalue weighted by Crippen LogP contribution is 2.27. The maximum absolute atomic E-state index is 14.6. The molecule has 0 unspecified atom stereocenters. The van der Waals surface area contributed by atoms with Crippen molar-refractivity contribution in [3.63, 3.8) is 0 Å². The van der Waals surface area contributed by atoms with E-state index >= 15 is 0 Å². The third-order valence-corrected chi connectivity index (χ3v) is 10.0. The van der Waals surface area contributed by atoms with Gasteiger partial charge >= 0.3 is 0 Å². The van der Waals surface area contributed by atoms with Gasteiger partial charge in [-0.1, -0.05) is 79.6 Å². The van der Waals surface area contributed by atoms with Gasteiger partial charge in [0.25, 0.3) is 10.0 Å². The molecule has 0 aliphatic carbocycles. The minimum atomic E-state index is -4.17. The lowest BCUT2D eigenvalue weighted by atomic mass is 10.0. The molecular weight excluding hydrogens is 611 g/mol. The van der Waals surface area contributed by atoms with E-state index in [-0.39, 0.29) is 23.8 Å². The molecule has 0 aliphatic rings. The molecule has 0 radical (unpaired) electrons. The number of nitrogens with zero attached hydrogens (tertiary/aromatic N) is 2. The summed E-state index contributed by atoms with van der Waals surface area (Å²) in [4.78, 5) is 30.1. The molecule has 8 nitrogen and oxygen atoms in total. The number of sulfonamides is 1. The number of hydrogen-bond donors (Lipinski definition) is 1. The molecule has 1 N–H and O–H groups in total. The van der Waals surface area contributed by atoms with Crippen LogP contribution in [0.3, 0.4) is 0 Å². The fraction of sp³-hybridized carbons (Fsp3) is 0.316. The summed E-state index contributed by atoms with van der Waals surface area (Å²) in [6.45, 7) is 7.82. The quantitative estimate of drug-likeness (QED) is 0.150. The number of carbonyl (C=O) groups excluding carboxylic acids is 2. The molecular formula is C38H45N3O5S. The summed E-state index contributed by atoms with van der Waals surface area (Å²) in [7, 11) is -2.60. The Morgan fingerprint density at radius 3 is 2.19 bits per heavy atom. The Bertz CT molecular complexity index is 1760. The first-order valence-corrected chi connectivity index (χ1v) is 17.4. The lowest BCUT2D eigenvalue weighted by Gasteiger charge is -2.34. The third kappa shape index (κ3) is 9.23. The molecule has 0 fully saturated rings. The Labute approximate surface area is 279 Å². The zero-order valence-corrected chi connectivity index (χ0v) is 28.7. The van der Waals surface area contributed by atoms with E-state index in [0.29, 0.717) is 18.0 Å². The monoisotopic (exact) mass is 655 g/mol. The molecule has 47 heavy (non-hydrogen) atoms. The molecule has 1 atom stereocenters. The van der Waals surface area contributed by atoms with E-state index in [2.05, 4.69) is 5.32 Å². The minimum Gasteiger partial charge on any atom is -0.497 e. The molecule has 9 heteroatoms. The summed E-state index contributed by atoms with van der Waals surface area (Å²) in [6.07, 6.45) is 1.95. The predicted molar refractivity (Wildman–Crippen MR) is 187 cm³/mol. The van der Waals surface area contributed by atoms with Gasteiger partial charge in [0.15, 0.2) is 0 Å². The number of hydrogen-bond acceptors (Lipinski definition) is 5. The molecule has 2 amide bonds. The van der Waals surface area contributed by atoms with Crippen LogP contribution in [0, 0.1) is 20.8 Å². The van der Waals surface area contributed by atoms with Crippen molar-refractivity contribution in [3.8, 4) is 5.75 Å². The molecule has 0 bridgehead atoms. The summed E-state index contributed by atoms with van der Waals surface area (Å²) in [6, 6.07) is 27.9. The third-order valence-electron chi connectivity index (χ3n) is 8.25. The number of amides is 2. The summed E-state index contributed by atoms with van der Waals surface area (Å²) < 4.78 is 35.1. The van der Waals surface area contributed by atoms with Crippen LogP contribution < -0.4 is 14.4 Å².